The minimum absolute atomic E-state index is 0.0546. The van der Waals surface area contributed by atoms with Crippen molar-refractivity contribution in [1.29, 1.82) is 0 Å². The summed E-state index contributed by atoms with van der Waals surface area (Å²) in [5, 5.41) is 12.5. The number of rotatable bonds is 7. The normalized spacial score (nSPS) is 11.4. The number of aryl methyl sites for hydroxylation is 1. The topological polar surface area (TPSA) is 70.6 Å². The zero-order valence-electron chi connectivity index (χ0n) is 15.5. The average Bonchev–Trinajstić information content (AvgIpc) is 2.59. The minimum Gasteiger partial charge on any atom is -0.390 e. The van der Waals surface area contributed by atoms with E-state index in [0.717, 1.165) is 9.13 Å². The first-order valence-corrected chi connectivity index (χ1v) is 10.2. The van der Waals surface area contributed by atoms with E-state index in [0.29, 0.717) is 5.69 Å². The Morgan fingerprint density at radius 3 is 2.57 bits per heavy atom. The van der Waals surface area contributed by atoms with E-state index >= 15 is 0 Å². The molecule has 0 fully saturated rings. The van der Waals surface area contributed by atoms with Crippen molar-refractivity contribution in [3.8, 4) is 0 Å². The summed E-state index contributed by atoms with van der Waals surface area (Å²) in [5.74, 6) is -3.04. The molecule has 1 amide bonds. The second kappa shape index (κ2) is 9.47. The second-order valence-electron chi connectivity index (χ2n) is 6.84. The largest absolute Gasteiger partial charge is 0.390 e. The number of hydroxylamine groups is 1. The number of benzene rings is 2. The number of anilines is 2. The Bertz CT molecular complexity index is 888. The van der Waals surface area contributed by atoms with Crippen molar-refractivity contribution in [2.75, 3.05) is 11.9 Å². The molecule has 0 unspecified atom stereocenters. The molecule has 0 aromatic heterocycles. The van der Waals surface area contributed by atoms with E-state index in [1.807, 2.05) is 19.1 Å². The molecule has 9 heteroatoms. The Balaban J connectivity index is 2.29. The summed E-state index contributed by atoms with van der Waals surface area (Å²) in [7, 11) is 0. The van der Waals surface area contributed by atoms with Gasteiger partial charge in [-0.25, -0.2) is 14.3 Å². The van der Waals surface area contributed by atoms with Gasteiger partial charge in [-0.3, -0.25) is 9.63 Å². The molecule has 0 bridgehead atoms. The number of carbonyl (C=O) groups is 1. The fourth-order valence-electron chi connectivity index (χ4n) is 2.27. The molecule has 0 aliphatic rings. The first-order chi connectivity index (χ1) is 13.0. The monoisotopic (exact) mass is 568 g/mol. The van der Waals surface area contributed by atoms with Gasteiger partial charge in [-0.2, -0.15) is 0 Å². The third kappa shape index (κ3) is 6.10. The molecule has 5 nitrogen and oxygen atoms in total. The van der Waals surface area contributed by atoms with Crippen LogP contribution >= 0.6 is 38.5 Å². The molecule has 0 saturated carbocycles. The molecular formula is C19H20BrF2IN2O3. The lowest BCUT2D eigenvalue weighted by molar-refractivity contribution is -0.00570. The van der Waals surface area contributed by atoms with Crippen molar-refractivity contribution in [1.82, 2.24) is 5.48 Å². The van der Waals surface area contributed by atoms with Crippen LogP contribution in [0.2, 0.25) is 0 Å². The Morgan fingerprint density at radius 1 is 1.29 bits per heavy atom. The van der Waals surface area contributed by atoms with Gasteiger partial charge in [0.15, 0.2) is 11.6 Å². The van der Waals surface area contributed by atoms with Crippen molar-refractivity contribution in [2.24, 2.45) is 0 Å². The zero-order chi connectivity index (χ0) is 21.1. The third-order valence-electron chi connectivity index (χ3n) is 3.84. The van der Waals surface area contributed by atoms with Crippen LogP contribution in [0.1, 0.15) is 36.2 Å². The second-order valence-corrected chi connectivity index (χ2v) is 8.94. The lowest BCUT2D eigenvalue weighted by Gasteiger charge is -2.18. The SMILES string of the molecule is Cc1cc(I)ccc1Nc1c(C(=O)NOCCC(C)(C)O)cc(Br)c(F)c1F. The van der Waals surface area contributed by atoms with Crippen molar-refractivity contribution < 1.29 is 23.5 Å². The molecule has 2 aromatic carbocycles. The van der Waals surface area contributed by atoms with Gasteiger partial charge < -0.3 is 10.4 Å². The molecule has 0 aliphatic carbocycles. The van der Waals surface area contributed by atoms with E-state index in [4.69, 9.17) is 4.84 Å². The highest BCUT2D eigenvalue weighted by Gasteiger charge is 2.23. The lowest BCUT2D eigenvalue weighted by atomic mass is 10.1. The maximum atomic E-state index is 14.6. The molecule has 0 saturated heterocycles. The minimum atomic E-state index is -1.19. The van der Waals surface area contributed by atoms with E-state index in [1.165, 1.54) is 6.07 Å². The molecule has 0 aliphatic heterocycles. The molecular weight excluding hydrogens is 549 g/mol. The van der Waals surface area contributed by atoms with E-state index < -0.39 is 23.1 Å². The Morgan fingerprint density at radius 2 is 1.96 bits per heavy atom. The van der Waals surface area contributed by atoms with Gasteiger partial charge in [0.25, 0.3) is 5.91 Å². The highest BCUT2D eigenvalue weighted by atomic mass is 127. The van der Waals surface area contributed by atoms with Crippen molar-refractivity contribution in [3.05, 3.63) is 55.1 Å². The summed E-state index contributed by atoms with van der Waals surface area (Å²) in [4.78, 5) is 17.5. The molecule has 0 atom stereocenters. The third-order valence-corrected chi connectivity index (χ3v) is 5.08. The molecule has 3 N–H and O–H groups in total. The molecule has 2 aromatic rings. The van der Waals surface area contributed by atoms with E-state index in [-0.39, 0.29) is 28.8 Å². The van der Waals surface area contributed by atoms with Crippen LogP contribution in [0, 0.1) is 22.1 Å². The van der Waals surface area contributed by atoms with Gasteiger partial charge in [0, 0.05) is 15.7 Å². The van der Waals surface area contributed by atoms with E-state index in [9.17, 15) is 18.7 Å². The fraction of sp³-hybridized carbons (Fsp3) is 0.316. The van der Waals surface area contributed by atoms with Gasteiger partial charge in [-0.1, -0.05) is 0 Å². The van der Waals surface area contributed by atoms with Crippen LogP contribution in [0.4, 0.5) is 20.2 Å². The number of nitrogens with one attached hydrogen (secondary N) is 2. The summed E-state index contributed by atoms with van der Waals surface area (Å²) in [6.45, 7) is 5.09. The number of amides is 1. The van der Waals surface area contributed by atoms with Crippen molar-refractivity contribution in [3.63, 3.8) is 0 Å². The summed E-state index contributed by atoms with van der Waals surface area (Å²) >= 11 is 5.06. The molecule has 0 heterocycles. The molecule has 2 rings (SSSR count). The smallest absolute Gasteiger partial charge is 0.277 e. The quantitative estimate of drug-likeness (QED) is 0.186. The lowest BCUT2D eigenvalue weighted by Crippen LogP contribution is -2.28. The molecule has 0 spiro atoms. The van der Waals surface area contributed by atoms with Crippen LogP contribution in [-0.2, 0) is 4.84 Å². The van der Waals surface area contributed by atoms with Gasteiger partial charge in [-0.05, 0) is 89.1 Å². The van der Waals surface area contributed by atoms with Crippen LogP contribution in [0.5, 0.6) is 0 Å². The standard InChI is InChI=1S/C19H20BrF2IN2O3/c1-10-8-11(23)4-5-14(10)24-17-12(9-13(20)15(21)16(17)22)18(26)25-28-7-6-19(2,3)27/h4-5,8-9,24,27H,6-7H2,1-3H3,(H,25,26). The van der Waals surface area contributed by atoms with Crippen LogP contribution in [0.15, 0.2) is 28.7 Å². The Kier molecular flexibility index (Phi) is 7.77. The first kappa shape index (κ1) is 23.0. The highest BCUT2D eigenvalue weighted by Crippen LogP contribution is 2.32. The summed E-state index contributed by atoms with van der Waals surface area (Å²) in [5.41, 5.74) is 2.16. The van der Waals surface area contributed by atoms with Crippen LogP contribution in [-0.4, -0.2) is 23.2 Å². The van der Waals surface area contributed by atoms with Gasteiger partial charge in [0.05, 0.1) is 27.9 Å². The number of hydrogen-bond acceptors (Lipinski definition) is 4. The summed E-state index contributed by atoms with van der Waals surface area (Å²) in [6, 6.07) is 6.58. The zero-order valence-corrected chi connectivity index (χ0v) is 19.2. The van der Waals surface area contributed by atoms with E-state index in [1.54, 1.807) is 19.9 Å². The first-order valence-electron chi connectivity index (χ1n) is 8.35. The number of hydrogen-bond donors (Lipinski definition) is 3. The number of aliphatic hydroxyl groups is 1. The average molecular weight is 569 g/mol. The maximum Gasteiger partial charge on any atom is 0.277 e. The van der Waals surface area contributed by atoms with E-state index in [2.05, 4.69) is 49.3 Å². The van der Waals surface area contributed by atoms with Gasteiger partial charge in [0.1, 0.15) is 0 Å². The Hall–Kier alpha value is -1.30. The van der Waals surface area contributed by atoms with Gasteiger partial charge in [-0.15, -0.1) is 0 Å². The fourth-order valence-corrected chi connectivity index (χ4v) is 3.32. The highest BCUT2D eigenvalue weighted by molar-refractivity contribution is 14.1. The summed E-state index contributed by atoms with van der Waals surface area (Å²) in [6.07, 6.45) is 0.279. The van der Waals surface area contributed by atoms with Crippen LogP contribution in [0.3, 0.4) is 0 Å². The van der Waals surface area contributed by atoms with Crippen molar-refractivity contribution in [2.45, 2.75) is 32.8 Å². The van der Waals surface area contributed by atoms with Gasteiger partial charge >= 0.3 is 0 Å². The summed E-state index contributed by atoms with van der Waals surface area (Å²) < 4.78 is 29.5. The molecule has 28 heavy (non-hydrogen) atoms. The molecule has 0 radical (unpaired) electrons. The van der Waals surface area contributed by atoms with Crippen molar-refractivity contribution >= 4 is 55.8 Å². The molecule has 152 valence electrons. The van der Waals surface area contributed by atoms with Gasteiger partial charge in [0.2, 0.25) is 0 Å². The Labute approximate surface area is 184 Å². The maximum absolute atomic E-state index is 14.6. The van der Waals surface area contributed by atoms with Crippen LogP contribution < -0.4 is 10.8 Å². The number of carbonyl (C=O) groups excluding carboxylic acids is 1. The predicted octanol–water partition coefficient (Wildman–Crippen LogP) is 5.21. The number of halogens is 4. The van der Waals surface area contributed by atoms with Crippen LogP contribution in [0.25, 0.3) is 0 Å². The predicted molar refractivity (Wildman–Crippen MR) is 116 cm³/mol.